The summed E-state index contributed by atoms with van der Waals surface area (Å²) >= 11 is 0. The highest BCUT2D eigenvalue weighted by Crippen LogP contribution is 2.52. The molecule has 3 rings (SSSR count). The first-order valence-electron chi connectivity index (χ1n) is 8.44. The minimum Gasteiger partial charge on any atom is -0.298 e. The smallest absolute Gasteiger partial charge is 0.160 e. The van der Waals surface area contributed by atoms with Gasteiger partial charge in [-0.05, 0) is 49.4 Å². The molecule has 2 aliphatic carbocycles. The molecule has 0 aliphatic heterocycles. The minimum absolute atomic E-state index is 0.00218. The lowest BCUT2D eigenvalue weighted by molar-refractivity contribution is -0.144. The molecule has 0 heterocycles. The second kappa shape index (κ2) is 5.47. The Morgan fingerprint density at radius 2 is 1.71 bits per heavy atom. The maximum atomic E-state index is 12.5. The van der Waals surface area contributed by atoms with Crippen LogP contribution in [0.3, 0.4) is 0 Å². The Kier molecular flexibility index (Phi) is 3.82. The predicted octanol–water partition coefficient (Wildman–Crippen LogP) is 2.83. The molecule has 24 heavy (non-hydrogen) atoms. The number of aryl methyl sites for hydroxylation is 1. The van der Waals surface area contributed by atoms with Crippen LogP contribution in [-0.4, -0.2) is 23.1 Å². The van der Waals surface area contributed by atoms with Gasteiger partial charge < -0.3 is 0 Å². The fraction of sp³-hybridized carbons (Fsp3) is 0.500. The van der Waals surface area contributed by atoms with E-state index in [0.717, 1.165) is 22.3 Å². The number of ketones is 4. The van der Waals surface area contributed by atoms with E-state index in [9.17, 15) is 19.2 Å². The van der Waals surface area contributed by atoms with E-state index >= 15 is 0 Å². The van der Waals surface area contributed by atoms with Crippen LogP contribution in [0, 0.1) is 19.8 Å². The number of carbonyl (C=O) groups excluding carboxylic acids is 4. The van der Waals surface area contributed by atoms with Crippen molar-refractivity contribution >= 4 is 23.1 Å². The number of hydrogen-bond acceptors (Lipinski definition) is 4. The van der Waals surface area contributed by atoms with Gasteiger partial charge in [0, 0.05) is 30.2 Å². The standard InChI is InChI=1S/C20H22O4/c1-5-14(22)18-15(23)8-20(9-16(18)24)7-13-6-10(2)17(12(4)21)11(3)19(13)20/h6,18H,5,7-9H2,1-4H3. The molecule has 4 heteroatoms. The van der Waals surface area contributed by atoms with Gasteiger partial charge in [-0.15, -0.1) is 0 Å². The maximum absolute atomic E-state index is 12.5. The molecule has 0 atom stereocenters. The highest BCUT2D eigenvalue weighted by Gasteiger charge is 2.53. The molecule has 1 fully saturated rings. The molecule has 0 radical (unpaired) electrons. The molecule has 126 valence electrons. The molecular weight excluding hydrogens is 304 g/mol. The van der Waals surface area contributed by atoms with Crippen molar-refractivity contribution in [2.45, 2.75) is 58.8 Å². The van der Waals surface area contributed by atoms with Gasteiger partial charge in [0.25, 0.3) is 0 Å². The zero-order valence-electron chi connectivity index (χ0n) is 14.6. The molecule has 0 bridgehead atoms. The fourth-order valence-electron chi connectivity index (χ4n) is 4.81. The van der Waals surface area contributed by atoms with E-state index < -0.39 is 11.3 Å². The van der Waals surface area contributed by atoms with Crippen molar-refractivity contribution in [3.05, 3.63) is 33.9 Å². The van der Waals surface area contributed by atoms with E-state index in [1.807, 2.05) is 19.9 Å². The molecule has 1 aromatic carbocycles. The second-order valence-corrected chi connectivity index (χ2v) is 7.28. The molecule has 1 aromatic rings. The fourth-order valence-corrected chi connectivity index (χ4v) is 4.81. The van der Waals surface area contributed by atoms with Crippen LogP contribution in [0.4, 0.5) is 0 Å². The number of benzene rings is 1. The van der Waals surface area contributed by atoms with Crippen molar-refractivity contribution < 1.29 is 19.2 Å². The highest BCUT2D eigenvalue weighted by atomic mass is 16.2. The van der Waals surface area contributed by atoms with Crippen LogP contribution in [0.5, 0.6) is 0 Å². The monoisotopic (exact) mass is 326 g/mol. The number of rotatable bonds is 3. The van der Waals surface area contributed by atoms with Gasteiger partial charge in [0.1, 0.15) is 5.92 Å². The van der Waals surface area contributed by atoms with Crippen molar-refractivity contribution in [1.82, 2.24) is 0 Å². The van der Waals surface area contributed by atoms with E-state index in [2.05, 4.69) is 0 Å². The van der Waals surface area contributed by atoms with E-state index in [1.54, 1.807) is 13.8 Å². The Hall–Kier alpha value is -2.10. The van der Waals surface area contributed by atoms with Gasteiger partial charge in [-0.2, -0.15) is 0 Å². The van der Waals surface area contributed by atoms with Crippen molar-refractivity contribution in [3.8, 4) is 0 Å². The van der Waals surface area contributed by atoms with E-state index in [1.165, 1.54) is 0 Å². The lowest BCUT2D eigenvalue weighted by atomic mass is 9.53. The molecule has 4 nitrogen and oxygen atoms in total. The van der Waals surface area contributed by atoms with Crippen molar-refractivity contribution in [2.75, 3.05) is 0 Å². The van der Waals surface area contributed by atoms with Gasteiger partial charge in [-0.3, -0.25) is 19.2 Å². The zero-order valence-corrected chi connectivity index (χ0v) is 14.6. The highest BCUT2D eigenvalue weighted by molar-refractivity contribution is 6.21. The molecule has 0 unspecified atom stereocenters. The molecule has 1 spiro atoms. The van der Waals surface area contributed by atoms with Gasteiger partial charge in [0.15, 0.2) is 23.1 Å². The van der Waals surface area contributed by atoms with Gasteiger partial charge >= 0.3 is 0 Å². The van der Waals surface area contributed by atoms with E-state index in [4.69, 9.17) is 0 Å². The summed E-state index contributed by atoms with van der Waals surface area (Å²) in [6, 6.07) is 2.00. The van der Waals surface area contributed by atoms with Gasteiger partial charge in [0.2, 0.25) is 0 Å². The Bertz CT molecular complexity index is 782. The number of carbonyl (C=O) groups is 4. The lowest BCUT2D eigenvalue weighted by Crippen LogP contribution is -2.52. The SMILES string of the molecule is CCC(=O)C1C(=O)CC2(CC1=O)Cc1cc(C)c(C(C)=O)c(C)c12. The Balaban J connectivity index is 2.04. The van der Waals surface area contributed by atoms with Crippen LogP contribution < -0.4 is 0 Å². The van der Waals surface area contributed by atoms with Crippen molar-refractivity contribution in [3.63, 3.8) is 0 Å². The average molecular weight is 326 g/mol. The van der Waals surface area contributed by atoms with Gasteiger partial charge in [-0.1, -0.05) is 13.0 Å². The van der Waals surface area contributed by atoms with E-state index in [0.29, 0.717) is 12.0 Å². The Labute approximate surface area is 141 Å². The largest absolute Gasteiger partial charge is 0.298 e. The van der Waals surface area contributed by atoms with Crippen LogP contribution in [-0.2, 0) is 26.2 Å². The average Bonchev–Trinajstić information content (AvgIpc) is 2.44. The summed E-state index contributed by atoms with van der Waals surface area (Å²) in [4.78, 5) is 48.9. The Morgan fingerprint density at radius 1 is 1.12 bits per heavy atom. The molecule has 2 aliphatic rings. The van der Waals surface area contributed by atoms with Crippen molar-refractivity contribution in [1.29, 1.82) is 0 Å². The quantitative estimate of drug-likeness (QED) is 0.633. The third-order valence-corrected chi connectivity index (χ3v) is 5.61. The van der Waals surface area contributed by atoms with E-state index in [-0.39, 0.29) is 42.4 Å². The second-order valence-electron chi connectivity index (χ2n) is 7.28. The third-order valence-electron chi connectivity index (χ3n) is 5.61. The van der Waals surface area contributed by atoms with Crippen LogP contribution in [0.25, 0.3) is 0 Å². The predicted molar refractivity (Wildman–Crippen MR) is 89.3 cm³/mol. The first kappa shape index (κ1) is 16.7. The van der Waals surface area contributed by atoms with Crippen LogP contribution in [0.1, 0.15) is 65.7 Å². The van der Waals surface area contributed by atoms with Crippen LogP contribution >= 0.6 is 0 Å². The number of fused-ring (bicyclic) bond motifs is 2. The number of hydrogen-bond donors (Lipinski definition) is 0. The first-order valence-corrected chi connectivity index (χ1v) is 8.44. The maximum Gasteiger partial charge on any atom is 0.160 e. The summed E-state index contributed by atoms with van der Waals surface area (Å²) in [5, 5.41) is 0. The first-order chi connectivity index (χ1) is 11.2. The normalized spacial score (nSPS) is 25.4. The van der Waals surface area contributed by atoms with Gasteiger partial charge in [0.05, 0.1) is 0 Å². The zero-order chi connectivity index (χ0) is 17.8. The summed E-state index contributed by atoms with van der Waals surface area (Å²) < 4.78 is 0. The van der Waals surface area contributed by atoms with Gasteiger partial charge in [-0.25, -0.2) is 0 Å². The summed E-state index contributed by atoms with van der Waals surface area (Å²) in [6.07, 6.45) is 1.33. The Morgan fingerprint density at radius 3 is 2.21 bits per heavy atom. The van der Waals surface area contributed by atoms with Crippen LogP contribution in [0.15, 0.2) is 6.07 Å². The molecular formula is C20H22O4. The molecule has 0 N–H and O–H groups in total. The topological polar surface area (TPSA) is 68.3 Å². The number of Topliss-reactive ketones (excluding diaryl/α,β-unsaturated/α-hetero) is 4. The molecule has 0 amide bonds. The van der Waals surface area contributed by atoms with Crippen LogP contribution in [0.2, 0.25) is 0 Å². The van der Waals surface area contributed by atoms with Crippen molar-refractivity contribution in [2.24, 2.45) is 5.92 Å². The summed E-state index contributed by atoms with van der Waals surface area (Å²) in [7, 11) is 0. The molecule has 1 saturated carbocycles. The minimum atomic E-state index is -1.07. The lowest BCUT2D eigenvalue weighted by Gasteiger charge is -2.48. The summed E-state index contributed by atoms with van der Waals surface area (Å²) in [5.41, 5.74) is 4.14. The molecule has 0 aromatic heterocycles. The molecule has 0 saturated heterocycles. The third kappa shape index (κ3) is 2.20. The summed E-state index contributed by atoms with van der Waals surface area (Å²) in [6.45, 7) is 7.04. The summed E-state index contributed by atoms with van der Waals surface area (Å²) in [5.74, 6) is -1.85.